The van der Waals surface area contributed by atoms with E-state index >= 15 is 0 Å². The van der Waals surface area contributed by atoms with E-state index in [1.54, 1.807) is 24.5 Å². The first kappa shape index (κ1) is 18.1. The van der Waals surface area contributed by atoms with Crippen LogP contribution in [-0.4, -0.2) is 35.0 Å². The quantitative estimate of drug-likeness (QED) is 0.453. The Hall–Kier alpha value is -2.91. The lowest BCUT2D eigenvalue weighted by molar-refractivity contribution is 0.419. The molecule has 0 bridgehead atoms. The molecule has 3 heterocycles. The van der Waals surface area contributed by atoms with Crippen molar-refractivity contribution in [2.75, 3.05) is 0 Å². The van der Waals surface area contributed by atoms with Crippen molar-refractivity contribution in [3.8, 4) is 28.6 Å². The van der Waals surface area contributed by atoms with E-state index in [0.717, 1.165) is 29.4 Å². The topological polar surface area (TPSA) is 103 Å². The number of aromatic hydroxyl groups is 1. The Balaban J connectivity index is 1.37. The van der Waals surface area contributed by atoms with Gasteiger partial charge in [0.15, 0.2) is 16.8 Å². The zero-order chi connectivity index (χ0) is 19.8. The average Bonchev–Trinajstić information content (AvgIpc) is 3.31. The Morgan fingerprint density at radius 3 is 2.79 bits per heavy atom. The van der Waals surface area contributed by atoms with E-state index in [1.807, 2.05) is 12.1 Å². The number of benzene rings is 1. The largest absolute Gasteiger partial charge is 0.507 e. The Morgan fingerprint density at radius 2 is 2.00 bits per heavy atom. The number of phenolic OH excluding ortho intramolecular Hbond substituents is 1. The molecule has 1 saturated carbocycles. The van der Waals surface area contributed by atoms with Gasteiger partial charge in [-0.15, -0.1) is 10.2 Å². The highest BCUT2D eigenvalue weighted by molar-refractivity contribution is 7.98. The minimum absolute atomic E-state index is 0.0349. The highest BCUT2D eigenvalue weighted by Crippen LogP contribution is 2.41. The normalized spacial score (nSPS) is 13.7. The van der Waals surface area contributed by atoms with Gasteiger partial charge in [-0.25, -0.2) is 0 Å². The van der Waals surface area contributed by atoms with Gasteiger partial charge < -0.3 is 9.63 Å². The molecule has 1 N–H and O–H groups in total. The van der Waals surface area contributed by atoms with E-state index in [4.69, 9.17) is 16.1 Å². The molecule has 0 atom stereocenters. The molecule has 0 spiro atoms. The van der Waals surface area contributed by atoms with Gasteiger partial charge in [0.2, 0.25) is 0 Å². The van der Waals surface area contributed by atoms with Gasteiger partial charge in [0.1, 0.15) is 5.75 Å². The van der Waals surface area contributed by atoms with Crippen molar-refractivity contribution < 1.29 is 9.63 Å². The zero-order valence-electron chi connectivity index (χ0n) is 15.1. The first-order valence-corrected chi connectivity index (χ1v) is 10.3. The summed E-state index contributed by atoms with van der Waals surface area (Å²) in [6, 6.07) is 8.96. The lowest BCUT2D eigenvalue weighted by Gasteiger charge is -2.07. The molecule has 0 amide bonds. The van der Waals surface area contributed by atoms with Crippen molar-refractivity contribution in [3.63, 3.8) is 0 Å². The standard InChI is InChI=1S/C19H15ClN6O2S/c20-12-1-4-15(27)14(9-12)18-22-16(25-28-18)10-29-19-24-23-17(26(19)13-2-3-13)11-5-7-21-8-6-11/h1,4-9,13,27H,2-3,10H2. The number of aromatic nitrogens is 6. The summed E-state index contributed by atoms with van der Waals surface area (Å²) in [7, 11) is 0. The number of thioether (sulfide) groups is 1. The van der Waals surface area contributed by atoms with Gasteiger partial charge in [0.25, 0.3) is 5.89 Å². The number of pyridine rings is 1. The van der Waals surface area contributed by atoms with Crippen LogP contribution in [0.4, 0.5) is 0 Å². The Bertz CT molecular complexity index is 1160. The van der Waals surface area contributed by atoms with Crippen molar-refractivity contribution in [2.24, 2.45) is 0 Å². The van der Waals surface area contributed by atoms with Crippen molar-refractivity contribution >= 4 is 23.4 Å². The third-order valence-electron chi connectivity index (χ3n) is 4.50. The summed E-state index contributed by atoms with van der Waals surface area (Å²) in [6.45, 7) is 0. The smallest absolute Gasteiger partial charge is 0.261 e. The second-order valence-electron chi connectivity index (χ2n) is 6.61. The van der Waals surface area contributed by atoms with Gasteiger partial charge in [-0.3, -0.25) is 9.55 Å². The van der Waals surface area contributed by atoms with E-state index in [0.29, 0.717) is 28.2 Å². The first-order chi connectivity index (χ1) is 14.2. The summed E-state index contributed by atoms with van der Waals surface area (Å²) in [4.78, 5) is 8.44. The fourth-order valence-corrected chi connectivity index (χ4v) is 3.99. The highest BCUT2D eigenvalue weighted by atomic mass is 35.5. The molecule has 0 unspecified atom stereocenters. The van der Waals surface area contributed by atoms with Crippen LogP contribution in [0.15, 0.2) is 52.4 Å². The van der Waals surface area contributed by atoms with Crippen LogP contribution in [0, 0.1) is 0 Å². The second-order valence-corrected chi connectivity index (χ2v) is 7.99. The molecule has 0 saturated heterocycles. The average molecular weight is 427 g/mol. The van der Waals surface area contributed by atoms with Crippen LogP contribution in [0.3, 0.4) is 0 Å². The van der Waals surface area contributed by atoms with Gasteiger partial charge in [-0.1, -0.05) is 28.5 Å². The number of halogens is 1. The third-order valence-corrected chi connectivity index (χ3v) is 5.68. The summed E-state index contributed by atoms with van der Waals surface area (Å²) >= 11 is 7.49. The molecule has 0 radical (unpaired) electrons. The fourth-order valence-electron chi connectivity index (χ4n) is 2.97. The molecular formula is C19H15ClN6O2S. The Kier molecular flexibility index (Phi) is 4.69. The summed E-state index contributed by atoms with van der Waals surface area (Å²) in [5.41, 5.74) is 1.40. The zero-order valence-corrected chi connectivity index (χ0v) is 16.6. The van der Waals surface area contributed by atoms with Crippen LogP contribution in [0.1, 0.15) is 24.7 Å². The third kappa shape index (κ3) is 3.70. The maximum absolute atomic E-state index is 10.0. The van der Waals surface area contributed by atoms with Gasteiger partial charge in [-0.2, -0.15) is 4.98 Å². The van der Waals surface area contributed by atoms with Crippen molar-refractivity contribution in [2.45, 2.75) is 29.8 Å². The van der Waals surface area contributed by atoms with Gasteiger partial charge in [0.05, 0.1) is 11.3 Å². The molecule has 3 aromatic heterocycles. The lowest BCUT2D eigenvalue weighted by atomic mass is 10.2. The van der Waals surface area contributed by atoms with Crippen LogP contribution < -0.4 is 0 Å². The minimum atomic E-state index is 0.0349. The van der Waals surface area contributed by atoms with Crippen LogP contribution in [0.5, 0.6) is 5.75 Å². The van der Waals surface area contributed by atoms with Crippen LogP contribution in [0.25, 0.3) is 22.8 Å². The van der Waals surface area contributed by atoms with Gasteiger partial charge in [-0.05, 0) is 43.2 Å². The van der Waals surface area contributed by atoms with Gasteiger partial charge in [0, 0.05) is 29.0 Å². The van der Waals surface area contributed by atoms with Crippen molar-refractivity contribution in [3.05, 3.63) is 53.6 Å². The Labute approximate surface area is 175 Å². The molecular weight excluding hydrogens is 412 g/mol. The molecule has 1 aliphatic carbocycles. The van der Waals surface area contributed by atoms with Gasteiger partial charge >= 0.3 is 0 Å². The first-order valence-electron chi connectivity index (χ1n) is 8.98. The number of hydrogen-bond donors (Lipinski definition) is 1. The molecule has 5 rings (SSSR count). The lowest BCUT2D eigenvalue weighted by Crippen LogP contribution is -2.00. The van der Waals surface area contributed by atoms with E-state index in [1.165, 1.54) is 17.8 Å². The number of phenols is 1. The molecule has 1 aliphatic rings. The maximum Gasteiger partial charge on any atom is 0.261 e. The summed E-state index contributed by atoms with van der Waals surface area (Å²) in [5.74, 6) is 2.07. The van der Waals surface area contributed by atoms with Crippen LogP contribution >= 0.6 is 23.4 Å². The van der Waals surface area contributed by atoms with Crippen molar-refractivity contribution in [1.82, 2.24) is 29.9 Å². The second kappa shape index (κ2) is 7.49. The summed E-state index contributed by atoms with van der Waals surface area (Å²) < 4.78 is 7.47. The maximum atomic E-state index is 10.0. The number of hydrogen-bond acceptors (Lipinski definition) is 8. The monoisotopic (exact) mass is 426 g/mol. The fraction of sp³-hybridized carbons (Fsp3) is 0.211. The summed E-state index contributed by atoms with van der Waals surface area (Å²) in [5, 5.41) is 24.1. The van der Waals surface area contributed by atoms with Crippen LogP contribution in [0.2, 0.25) is 5.02 Å². The number of nitrogens with zero attached hydrogens (tertiary/aromatic N) is 6. The molecule has 8 nitrogen and oxygen atoms in total. The number of rotatable bonds is 6. The highest BCUT2D eigenvalue weighted by Gasteiger charge is 2.30. The SMILES string of the molecule is Oc1ccc(Cl)cc1-c1nc(CSc2nnc(-c3ccncc3)n2C2CC2)no1. The van der Waals surface area contributed by atoms with Crippen molar-refractivity contribution in [1.29, 1.82) is 0 Å². The molecule has 1 aromatic carbocycles. The Morgan fingerprint density at radius 1 is 1.17 bits per heavy atom. The molecule has 1 fully saturated rings. The minimum Gasteiger partial charge on any atom is -0.507 e. The molecule has 146 valence electrons. The molecule has 10 heteroatoms. The predicted molar refractivity (Wildman–Crippen MR) is 107 cm³/mol. The molecule has 4 aromatic rings. The van der Waals surface area contributed by atoms with E-state index in [9.17, 15) is 5.11 Å². The van der Waals surface area contributed by atoms with E-state index in [2.05, 4.69) is 29.9 Å². The van der Waals surface area contributed by atoms with E-state index in [-0.39, 0.29) is 11.6 Å². The predicted octanol–water partition coefficient (Wildman–Crippen LogP) is 4.38. The molecule has 0 aliphatic heterocycles. The van der Waals surface area contributed by atoms with Crippen LogP contribution in [-0.2, 0) is 5.75 Å². The summed E-state index contributed by atoms with van der Waals surface area (Å²) in [6.07, 6.45) is 5.73. The molecule has 29 heavy (non-hydrogen) atoms. The van der Waals surface area contributed by atoms with E-state index < -0.39 is 0 Å².